The summed E-state index contributed by atoms with van der Waals surface area (Å²) < 4.78 is 62.0. The third kappa shape index (κ3) is 8.38. The summed E-state index contributed by atoms with van der Waals surface area (Å²) in [6.45, 7) is -0.0662. The largest absolute Gasteiger partial charge is 0.495 e. The maximum absolute atomic E-state index is 14.8. The molecular formula is C39H47BrF2N5O8P. The first-order chi connectivity index (χ1) is 26.9. The number of amides is 3. The second-order valence-corrected chi connectivity index (χ2v) is 18.7. The molecule has 2 unspecified atom stereocenters. The van der Waals surface area contributed by atoms with E-state index in [0.29, 0.717) is 46.8 Å². The van der Waals surface area contributed by atoms with Crippen LogP contribution < -0.4 is 20.1 Å². The molecule has 6 atom stereocenters. The van der Waals surface area contributed by atoms with Gasteiger partial charge in [0, 0.05) is 12.0 Å². The molecular weight excluding hydrogens is 815 g/mol. The van der Waals surface area contributed by atoms with E-state index < -0.39 is 78.0 Å². The smallest absolute Gasteiger partial charge is 0.408 e. The van der Waals surface area contributed by atoms with Crippen LogP contribution in [0.3, 0.4) is 0 Å². The van der Waals surface area contributed by atoms with E-state index in [0.717, 1.165) is 57.1 Å². The highest BCUT2D eigenvalue weighted by Gasteiger charge is 2.66. The standard InChI is InChI=1S/C39H47BrF2N5O8P/c1-53-32-17-16-26-34(33(32)40)43-22-44-36(26)54-25-18-31-35(48)46-39(56(51,52)21-27-28(41)13-9-14-29(27)42)19-23(39)10-5-3-2-4-6-15-30(37(49)47(31)20-25)45-38(50)55-24-11-7-8-12-24/h9,13-14,16-17,22-25,30-31H,2-8,10-12,15,18-21H2,1H3,(H,45,50)(H,46,48)(H,51,52)/t23-,25?,30-,31-,39-/m0/s1. The molecule has 3 N–H and O–H groups in total. The van der Waals surface area contributed by atoms with Crippen molar-refractivity contribution in [2.24, 2.45) is 5.92 Å². The molecule has 56 heavy (non-hydrogen) atoms. The summed E-state index contributed by atoms with van der Waals surface area (Å²) in [6.07, 6.45) is 6.97. The highest BCUT2D eigenvalue weighted by atomic mass is 79.9. The normalized spacial score (nSPS) is 27.3. The Morgan fingerprint density at radius 3 is 2.45 bits per heavy atom. The van der Waals surface area contributed by atoms with Crippen molar-refractivity contribution in [2.45, 2.75) is 119 Å². The summed E-state index contributed by atoms with van der Waals surface area (Å²) in [5.74, 6) is -2.77. The maximum Gasteiger partial charge on any atom is 0.408 e. The highest BCUT2D eigenvalue weighted by molar-refractivity contribution is 9.10. The Labute approximate surface area is 332 Å². The van der Waals surface area contributed by atoms with Crippen molar-refractivity contribution in [3.05, 3.63) is 58.3 Å². The molecule has 302 valence electrons. The van der Waals surface area contributed by atoms with Crippen molar-refractivity contribution >= 4 is 52.1 Å². The Balaban J connectivity index is 1.20. The second kappa shape index (κ2) is 16.9. The lowest BCUT2D eigenvalue weighted by molar-refractivity contribution is -0.140. The van der Waals surface area contributed by atoms with Crippen LogP contribution >= 0.6 is 23.3 Å². The fourth-order valence-electron chi connectivity index (χ4n) is 8.56. The van der Waals surface area contributed by atoms with Gasteiger partial charge in [-0.3, -0.25) is 14.2 Å². The van der Waals surface area contributed by atoms with Crippen LogP contribution in [-0.4, -0.2) is 80.9 Å². The molecule has 2 aliphatic heterocycles. The van der Waals surface area contributed by atoms with Crippen LogP contribution in [0, 0.1) is 17.6 Å². The number of carbonyl (C=O) groups excluding carboxylic acids is 3. The molecule has 13 nitrogen and oxygen atoms in total. The van der Waals surface area contributed by atoms with Crippen LogP contribution in [0.4, 0.5) is 13.6 Å². The predicted molar refractivity (Wildman–Crippen MR) is 205 cm³/mol. The van der Waals surface area contributed by atoms with E-state index in [-0.39, 0.29) is 31.4 Å². The van der Waals surface area contributed by atoms with Gasteiger partial charge < -0.3 is 34.6 Å². The molecule has 1 aromatic heterocycles. The molecule has 0 spiro atoms. The fraction of sp³-hybridized carbons (Fsp3) is 0.564. The Morgan fingerprint density at radius 1 is 1.02 bits per heavy atom. The second-order valence-electron chi connectivity index (χ2n) is 15.4. The van der Waals surface area contributed by atoms with Gasteiger partial charge in [0.2, 0.25) is 25.1 Å². The van der Waals surface area contributed by atoms with E-state index in [1.807, 2.05) is 0 Å². The summed E-state index contributed by atoms with van der Waals surface area (Å²) in [4.78, 5) is 64.0. The van der Waals surface area contributed by atoms with E-state index in [2.05, 4.69) is 36.5 Å². The van der Waals surface area contributed by atoms with Crippen LogP contribution in [0.25, 0.3) is 10.9 Å². The molecule has 0 radical (unpaired) electrons. The summed E-state index contributed by atoms with van der Waals surface area (Å²) >= 11 is 3.52. The van der Waals surface area contributed by atoms with E-state index in [1.165, 1.54) is 24.4 Å². The van der Waals surface area contributed by atoms with Crippen molar-refractivity contribution in [1.29, 1.82) is 0 Å². The average molecular weight is 863 g/mol. The Bertz CT molecular complexity index is 2000. The first-order valence-electron chi connectivity index (χ1n) is 19.4. The number of nitrogens with zero attached hydrogens (tertiary/aromatic N) is 3. The van der Waals surface area contributed by atoms with Crippen LogP contribution in [0.1, 0.15) is 89.0 Å². The number of methoxy groups -OCH3 is 1. The van der Waals surface area contributed by atoms with Crippen LogP contribution in [-0.2, 0) is 25.1 Å². The molecule has 3 heterocycles. The van der Waals surface area contributed by atoms with Crippen molar-refractivity contribution in [3.63, 3.8) is 0 Å². The Kier molecular flexibility index (Phi) is 12.2. The van der Waals surface area contributed by atoms with Gasteiger partial charge in [-0.1, -0.05) is 38.2 Å². The molecule has 0 bridgehead atoms. The number of benzene rings is 2. The van der Waals surface area contributed by atoms with Gasteiger partial charge in [0.25, 0.3) is 0 Å². The first-order valence-corrected chi connectivity index (χ1v) is 22.0. The minimum atomic E-state index is -4.51. The molecule has 2 saturated carbocycles. The summed E-state index contributed by atoms with van der Waals surface area (Å²) in [5, 5.41) is 4.55. The van der Waals surface area contributed by atoms with E-state index >= 15 is 0 Å². The predicted octanol–water partition coefficient (Wildman–Crippen LogP) is 7.11. The number of hydrogen-bond donors (Lipinski definition) is 3. The third-order valence-electron chi connectivity index (χ3n) is 11.7. The van der Waals surface area contributed by atoms with Crippen LogP contribution in [0.5, 0.6) is 11.6 Å². The molecule has 2 aliphatic carbocycles. The number of ether oxygens (including phenoxy) is 3. The quantitative estimate of drug-likeness (QED) is 0.199. The number of fused-ring (bicyclic) bond motifs is 3. The van der Waals surface area contributed by atoms with Gasteiger partial charge in [0.05, 0.1) is 35.2 Å². The van der Waals surface area contributed by atoms with E-state index in [1.54, 1.807) is 12.1 Å². The zero-order valence-corrected chi connectivity index (χ0v) is 33.7. The summed E-state index contributed by atoms with van der Waals surface area (Å²) in [7, 11) is -2.98. The molecule has 4 fully saturated rings. The zero-order chi connectivity index (χ0) is 39.6. The third-order valence-corrected chi connectivity index (χ3v) is 15.1. The van der Waals surface area contributed by atoms with Crippen LogP contribution in [0.15, 0.2) is 41.1 Å². The van der Waals surface area contributed by atoms with Gasteiger partial charge in [-0.2, -0.15) is 0 Å². The zero-order valence-electron chi connectivity index (χ0n) is 31.2. The number of nitrogens with one attached hydrogen (secondary N) is 2. The van der Waals surface area contributed by atoms with Gasteiger partial charge in [-0.15, -0.1) is 0 Å². The lowest BCUT2D eigenvalue weighted by atomic mass is 10.0. The Morgan fingerprint density at radius 2 is 1.71 bits per heavy atom. The minimum Gasteiger partial charge on any atom is -0.495 e. The molecule has 17 heteroatoms. The van der Waals surface area contributed by atoms with E-state index in [4.69, 9.17) is 14.2 Å². The lowest BCUT2D eigenvalue weighted by Gasteiger charge is -2.31. The molecule has 4 aliphatic rings. The molecule has 2 aromatic carbocycles. The number of alkyl carbamates (subject to hydrolysis) is 1. The van der Waals surface area contributed by atoms with Gasteiger partial charge in [-0.25, -0.2) is 23.5 Å². The maximum atomic E-state index is 14.8. The lowest BCUT2D eigenvalue weighted by Crippen LogP contribution is -2.55. The number of halogens is 3. The van der Waals surface area contributed by atoms with Gasteiger partial charge in [-0.05, 0) is 91.1 Å². The van der Waals surface area contributed by atoms with Crippen LogP contribution in [0.2, 0.25) is 0 Å². The summed E-state index contributed by atoms with van der Waals surface area (Å²) in [6, 6.07) is 4.51. The number of rotatable bonds is 8. The molecule has 7 rings (SSSR count). The first kappa shape index (κ1) is 40.3. The molecule has 3 aromatic rings. The molecule has 2 saturated heterocycles. The fourth-order valence-corrected chi connectivity index (χ4v) is 11.7. The Hall–Kier alpha value is -3.88. The van der Waals surface area contributed by atoms with Gasteiger partial charge in [0.1, 0.15) is 53.3 Å². The number of hydrogen-bond acceptors (Lipinski definition) is 9. The van der Waals surface area contributed by atoms with Gasteiger partial charge >= 0.3 is 6.09 Å². The van der Waals surface area contributed by atoms with Crippen molar-refractivity contribution < 1.29 is 46.8 Å². The van der Waals surface area contributed by atoms with Crippen molar-refractivity contribution in [3.8, 4) is 11.6 Å². The monoisotopic (exact) mass is 861 g/mol. The van der Waals surface area contributed by atoms with E-state index in [9.17, 15) is 32.6 Å². The average Bonchev–Trinajstić information content (AvgIpc) is 3.44. The molecule has 3 amide bonds. The number of aromatic nitrogens is 2. The van der Waals surface area contributed by atoms with Crippen molar-refractivity contribution in [1.82, 2.24) is 25.5 Å². The SMILES string of the molecule is COc1ccc2c(OC3C[C@H]4C(=O)N[C@]5(P(=O)(O)Cc6c(F)cccc6F)C[C@@H]5CCCCCCC[C@H](NC(=O)OC5CCCC5)C(=O)N4C3)ncnc2c1Br. The topological polar surface area (TPSA) is 169 Å². The summed E-state index contributed by atoms with van der Waals surface area (Å²) in [5.41, 5.74) is 0.00197. The minimum absolute atomic E-state index is 0.0158. The van der Waals surface area contributed by atoms with Gasteiger partial charge in [0.15, 0.2) is 0 Å². The van der Waals surface area contributed by atoms with Crippen molar-refractivity contribution in [2.75, 3.05) is 13.7 Å². The highest BCUT2D eigenvalue weighted by Crippen LogP contribution is 2.71. The number of carbonyl (C=O) groups is 3.